The number of primary amides is 1. The molecule has 2 N–H and O–H groups in total. The van der Waals surface area contributed by atoms with E-state index in [9.17, 15) is 4.79 Å². The van der Waals surface area contributed by atoms with E-state index in [0.29, 0.717) is 5.15 Å². The van der Waals surface area contributed by atoms with Crippen molar-refractivity contribution >= 4 is 17.5 Å². The summed E-state index contributed by atoms with van der Waals surface area (Å²) < 4.78 is 0. The van der Waals surface area contributed by atoms with Gasteiger partial charge >= 0.3 is 0 Å². The molecule has 0 bridgehead atoms. The van der Waals surface area contributed by atoms with Gasteiger partial charge in [0.2, 0.25) is 5.91 Å². The maximum atomic E-state index is 10.9. The first kappa shape index (κ1) is 11.6. The van der Waals surface area contributed by atoms with Crippen molar-refractivity contribution in [1.29, 1.82) is 0 Å². The van der Waals surface area contributed by atoms with Gasteiger partial charge in [-0.05, 0) is 23.3 Å². The molecule has 0 saturated heterocycles. The number of rotatable bonds is 3. The lowest BCUT2D eigenvalue weighted by Crippen LogP contribution is -2.13. The molecule has 17 heavy (non-hydrogen) atoms. The number of halogens is 1. The Bertz CT molecular complexity index is 537. The van der Waals surface area contributed by atoms with E-state index in [1.165, 1.54) is 0 Å². The van der Waals surface area contributed by atoms with E-state index in [-0.39, 0.29) is 12.3 Å². The Balaban J connectivity index is 2.32. The molecule has 1 aromatic heterocycles. The van der Waals surface area contributed by atoms with Crippen LogP contribution in [0, 0.1) is 0 Å². The van der Waals surface area contributed by atoms with Crippen LogP contribution >= 0.6 is 11.6 Å². The van der Waals surface area contributed by atoms with Crippen molar-refractivity contribution in [3.05, 3.63) is 53.3 Å². The lowest BCUT2D eigenvalue weighted by Gasteiger charge is -2.04. The van der Waals surface area contributed by atoms with Crippen molar-refractivity contribution in [2.24, 2.45) is 5.73 Å². The van der Waals surface area contributed by atoms with Crippen LogP contribution in [-0.4, -0.2) is 10.9 Å². The largest absolute Gasteiger partial charge is 0.369 e. The first-order chi connectivity index (χ1) is 8.15. The number of pyridine rings is 1. The molecule has 2 rings (SSSR count). The van der Waals surface area contributed by atoms with Crippen molar-refractivity contribution in [2.75, 3.05) is 0 Å². The van der Waals surface area contributed by atoms with E-state index in [1.54, 1.807) is 12.3 Å². The zero-order chi connectivity index (χ0) is 12.3. The van der Waals surface area contributed by atoms with Crippen LogP contribution in [0.4, 0.5) is 0 Å². The van der Waals surface area contributed by atoms with E-state index in [2.05, 4.69) is 4.98 Å². The number of nitrogens with zero attached hydrogens (tertiary/aromatic N) is 1. The molecule has 3 nitrogen and oxygen atoms in total. The minimum Gasteiger partial charge on any atom is -0.369 e. The van der Waals surface area contributed by atoms with Crippen LogP contribution in [0.5, 0.6) is 0 Å². The molecule has 0 aliphatic rings. The minimum atomic E-state index is -0.337. The molecule has 0 radical (unpaired) electrons. The van der Waals surface area contributed by atoms with Crippen LogP contribution < -0.4 is 5.73 Å². The predicted molar refractivity (Wildman–Crippen MR) is 67.6 cm³/mol. The highest BCUT2D eigenvalue weighted by Gasteiger charge is 2.02. The van der Waals surface area contributed by atoms with Crippen LogP contribution in [0.1, 0.15) is 5.56 Å². The Hall–Kier alpha value is -1.87. The zero-order valence-electron chi connectivity index (χ0n) is 9.06. The van der Waals surface area contributed by atoms with Crippen molar-refractivity contribution in [2.45, 2.75) is 6.42 Å². The first-order valence-corrected chi connectivity index (χ1v) is 5.52. The number of amides is 1. The molecule has 0 spiro atoms. The maximum absolute atomic E-state index is 10.9. The smallest absolute Gasteiger partial charge is 0.221 e. The molecule has 1 amide bonds. The van der Waals surface area contributed by atoms with E-state index in [4.69, 9.17) is 17.3 Å². The average Bonchev–Trinajstić information content (AvgIpc) is 2.29. The monoisotopic (exact) mass is 246 g/mol. The maximum Gasteiger partial charge on any atom is 0.221 e. The topological polar surface area (TPSA) is 56.0 Å². The van der Waals surface area contributed by atoms with Crippen LogP contribution in [0.2, 0.25) is 5.15 Å². The molecule has 0 atom stereocenters. The highest BCUT2D eigenvalue weighted by atomic mass is 35.5. The SMILES string of the molecule is NC(=O)Cc1cccc(-c2ccc(Cl)nc2)c1. The summed E-state index contributed by atoms with van der Waals surface area (Å²) in [6, 6.07) is 11.3. The normalized spacial score (nSPS) is 10.2. The van der Waals surface area contributed by atoms with E-state index in [0.717, 1.165) is 16.7 Å². The van der Waals surface area contributed by atoms with Gasteiger partial charge in [0.05, 0.1) is 6.42 Å². The molecular formula is C13H11ClN2O. The van der Waals surface area contributed by atoms with Crippen molar-refractivity contribution in [1.82, 2.24) is 4.98 Å². The highest BCUT2D eigenvalue weighted by Crippen LogP contribution is 2.20. The molecule has 4 heteroatoms. The van der Waals surface area contributed by atoms with E-state index in [1.807, 2.05) is 30.3 Å². The summed E-state index contributed by atoms with van der Waals surface area (Å²) in [7, 11) is 0. The van der Waals surface area contributed by atoms with Crippen LogP contribution in [0.3, 0.4) is 0 Å². The summed E-state index contributed by atoms with van der Waals surface area (Å²) in [4.78, 5) is 14.9. The molecule has 0 saturated carbocycles. The number of hydrogen-bond acceptors (Lipinski definition) is 2. The van der Waals surface area contributed by atoms with Crippen molar-refractivity contribution in [3.63, 3.8) is 0 Å². The third-order valence-electron chi connectivity index (χ3n) is 2.37. The van der Waals surface area contributed by atoms with Crippen LogP contribution in [0.25, 0.3) is 11.1 Å². The van der Waals surface area contributed by atoms with Crippen LogP contribution in [-0.2, 0) is 11.2 Å². The van der Waals surface area contributed by atoms with Crippen molar-refractivity contribution in [3.8, 4) is 11.1 Å². The van der Waals surface area contributed by atoms with E-state index < -0.39 is 0 Å². The Labute approximate surface area is 104 Å². The lowest BCUT2D eigenvalue weighted by molar-refractivity contribution is -0.117. The molecule has 1 aromatic carbocycles. The molecule has 86 valence electrons. The molecule has 0 fully saturated rings. The molecule has 0 unspecified atom stereocenters. The predicted octanol–water partition coefficient (Wildman–Crippen LogP) is 2.43. The van der Waals surface area contributed by atoms with Gasteiger partial charge in [-0.3, -0.25) is 4.79 Å². The van der Waals surface area contributed by atoms with Gasteiger partial charge in [0.1, 0.15) is 5.15 Å². The Morgan fingerprint density at radius 1 is 1.24 bits per heavy atom. The summed E-state index contributed by atoms with van der Waals surface area (Å²) in [5, 5.41) is 0.460. The second-order valence-electron chi connectivity index (χ2n) is 3.71. The fourth-order valence-corrected chi connectivity index (χ4v) is 1.72. The Kier molecular flexibility index (Phi) is 3.40. The number of nitrogens with two attached hydrogens (primary N) is 1. The van der Waals surface area contributed by atoms with Gasteiger partial charge in [0.25, 0.3) is 0 Å². The van der Waals surface area contributed by atoms with Crippen molar-refractivity contribution < 1.29 is 4.79 Å². The summed E-state index contributed by atoms with van der Waals surface area (Å²) in [6.07, 6.45) is 1.95. The van der Waals surface area contributed by atoms with Gasteiger partial charge in [0.15, 0.2) is 0 Å². The van der Waals surface area contributed by atoms with Crippen LogP contribution in [0.15, 0.2) is 42.6 Å². The molecule has 1 heterocycles. The fraction of sp³-hybridized carbons (Fsp3) is 0.0769. The summed E-state index contributed by atoms with van der Waals surface area (Å²) in [5.41, 5.74) is 8.01. The number of benzene rings is 1. The third kappa shape index (κ3) is 3.04. The summed E-state index contributed by atoms with van der Waals surface area (Å²) >= 11 is 5.73. The van der Waals surface area contributed by atoms with Gasteiger partial charge in [-0.15, -0.1) is 0 Å². The Morgan fingerprint density at radius 3 is 2.71 bits per heavy atom. The minimum absolute atomic E-state index is 0.245. The van der Waals surface area contributed by atoms with Gasteiger partial charge in [0, 0.05) is 11.8 Å². The third-order valence-corrected chi connectivity index (χ3v) is 2.59. The zero-order valence-corrected chi connectivity index (χ0v) is 9.82. The van der Waals surface area contributed by atoms with Gasteiger partial charge in [-0.25, -0.2) is 4.98 Å². The number of carbonyl (C=O) groups is 1. The van der Waals surface area contributed by atoms with Gasteiger partial charge in [-0.1, -0.05) is 35.9 Å². The standard InChI is InChI=1S/C13H11ClN2O/c14-12-5-4-11(8-16-12)10-3-1-2-9(6-10)7-13(15)17/h1-6,8H,7H2,(H2,15,17). The first-order valence-electron chi connectivity index (χ1n) is 5.14. The van der Waals surface area contributed by atoms with E-state index >= 15 is 0 Å². The fourth-order valence-electron chi connectivity index (χ4n) is 1.61. The van der Waals surface area contributed by atoms with Gasteiger partial charge in [-0.2, -0.15) is 0 Å². The molecule has 2 aromatic rings. The lowest BCUT2D eigenvalue weighted by atomic mass is 10.0. The number of carbonyl (C=O) groups excluding carboxylic acids is 1. The Morgan fingerprint density at radius 2 is 2.06 bits per heavy atom. The average molecular weight is 247 g/mol. The molecule has 0 aliphatic heterocycles. The molecule has 0 aliphatic carbocycles. The van der Waals surface area contributed by atoms with Gasteiger partial charge < -0.3 is 5.73 Å². The number of aromatic nitrogens is 1. The quantitative estimate of drug-likeness (QED) is 0.846. The second-order valence-corrected chi connectivity index (χ2v) is 4.10. The molecular weight excluding hydrogens is 236 g/mol. The highest BCUT2D eigenvalue weighted by molar-refractivity contribution is 6.29. The second kappa shape index (κ2) is 4.97. The number of hydrogen-bond donors (Lipinski definition) is 1. The summed E-state index contributed by atoms with van der Waals surface area (Å²) in [6.45, 7) is 0. The summed E-state index contributed by atoms with van der Waals surface area (Å²) in [5.74, 6) is -0.337.